The molecule has 1 fully saturated rings. The molecule has 1 aliphatic rings. The van der Waals surface area contributed by atoms with E-state index in [9.17, 15) is 4.79 Å². The molecule has 3 rings (SSSR count). The van der Waals surface area contributed by atoms with E-state index in [1.807, 2.05) is 37.3 Å². The number of ether oxygens (including phenoxy) is 2. The lowest BCUT2D eigenvalue weighted by Crippen LogP contribution is -2.19. The molecule has 1 aliphatic heterocycles. The average molecular weight is 389 g/mol. The lowest BCUT2D eigenvalue weighted by molar-refractivity contribution is -0.115. The van der Waals surface area contributed by atoms with Crippen molar-refractivity contribution in [3.8, 4) is 11.5 Å². The zero-order valence-corrected chi connectivity index (χ0v) is 16.1. The van der Waals surface area contributed by atoms with Crippen LogP contribution >= 0.6 is 23.4 Å². The third-order valence-electron chi connectivity index (χ3n) is 3.84. The van der Waals surface area contributed by atoms with Crippen LogP contribution in [0.2, 0.25) is 5.02 Å². The van der Waals surface area contributed by atoms with Crippen molar-refractivity contribution >= 4 is 46.2 Å². The van der Waals surface area contributed by atoms with Gasteiger partial charge in [-0.15, -0.1) is 0 Å². The Morgan fingerprint density at radius 1 is 1.19 bits per heavy atom. The maximum Gasteiger partial charge on any atom is 0.264 e. The second-order valence-electron chi connectivity index (χ2n) is 5.47. The number of nitrogens with zero attached hydrogens (tertiary/aromatic N) is 1. The van der Waals surface area contributed by atoms with E-state index in [2.05, 4.69) is 10.3 Å². The van der Waals surface area contributed by atoms with E-state index in [4.69, 9.17) is 21.1 Å². The number of hydrogen-bond donors (Lipinski definition) is 1. The Balaban J connectivity index is 1.89. The lowest BCUT2D eigenvalue weighted by Gasteiger charge is -2.07. The molecule has 0 spiro atoms. The highest BCUT2D eigenvalue weighted by Gasteiger charge is 2.24. The molecule has 2 aromatic carbocycles. The summed E-state index contributed by atoms with van der Waals surface area (Å²) in [5.41, 5.74) is 2.38. The predicted octanol–water partition coefficient (Wildman–Crippen LogP) is 4.56. The summed E-state index contributed by atoms with van der Waals surface area (Å²) in [6.45, 7) is 1.89. The Hall–Kier alpha value is -2.44. The molecule has 5 nitrogen and oxygen atoms in total. The average Bonchev–Trinajstić information content (AvgIpc) is 2.98. The molecule has 134 valence electrons. The number of amides is 1. The summed E-state index contributed by atoms with van der Waals surface area (Å²) in [7, 11) is 3.17. The number of rotatable bonds is 4. The molecule has 0 atom stereocenters. The van der Waals surface area contributed by atoms with Gasteiger partial charge in [0, 0.05) is 16.7 Å². The molecule has 1 N–H and O–H groups in total. The van der Waals surface area contributed by atoms with Crippen LogP contribution in [0.1, 0.15) is 11.1 Å². The van der Waals surface area contributed by atoms with Gasteiger partial charge in [0.15, 0.2) is 5.17 Å². The van der Waals surface area contributed by atoms with Crippen LogP contribution in [0.5, 0.6) is 11.5 Å². The van der Waals surface area contributed by atoms with Crippen molar-refractivity contribution in [2.75, 3.05) is 14.2 Å². The number of amidine groups is 1. The number of halogens is 1. The van der Waals surface area contributed by atoms with E-state index >= 15 is 0 Å². The van der Waals surface area contributed by atoms with Gasteiger partial charge in [0.1, 0.15) is 11.5 Å². The molecule has 1 saturated heterocycles. The number of carbonyl (C=O) groups excluding carboxylic acids is 1. The second-order valence-corrected chi connectivity index (χ2v) is 6.91. The normalized spacial score (nSPS) is 16.8. The van der Waals surface area contributed by atoms with Gasteiger partial charge >= 0.3 is 0 Å². The van der Waals surface area contributed by atoms with Crippen molar-refractivity contribution in [2.24, 2.45) is 4.99 Å². The first-order valence-electron chi connectivity index (χ1n) is 7.78. The summed E-state index contributed by atoms with van der Waals surface area (Å²) in [4.78, 5) is 17.3. The van der Waals surface area contributed by atoms with Crippen LogP contribution in [0, 0.1) is 6.92 Å². The van der Waals surface area contributed by atoms with Crippen LogP contribution in [-0.4, -0.2) is 25.3 Å². The van der Waals surface area contributed by atoms with Crippen LogP contribution in [0.3, 0.4) is 0 Å². The van der Waals surface area contributed by atoms with Gasteiger partial charge in [-0.1, -0.05) is 17.7 Å². The molecule has 2 aromatic rings. The molecule has 0 aliphatic carbocycles. The molecular formula is C19H17ClN2O3S. The van der Waals surface area contributed by atoms with Crippen molar-refractivity contribution in [2.45, 2.75) is 6.92 Å². The second kappa shape index (κ2) is 7.85. The zero-order chi connectivity index (χ0) is 18.7. The van der Waals surface area contributed by atoms with Crippen molar-refractivity contribution < 1.29 is 14.3 Å². The summed E-state index contributed by atoms with van der Waals surface area (Å²) >= 11 is 7.40. The Morgan fingerprint density at radius 3 is 2.73 bits per heavy atom. The van der Waals surface area contributed by atoms with Crippen LogP contribution in [0.4, 0.5) is 5.69 Å². The van der Waals surface area contributed by atoms with E-state index in [1.165, 1.54) is 11.8 Å². The van der Waals surface area contributed by atoms with Gasteiger partial charge in [0.2, 0.25) is 0 Å². The smallest absolute Gasteiger partial charge is 0.264 e. The Kier molecular flexibility index (Phi) is 5.54. The first-order valence-corrected chi connectivity index (χ1v) is 8.98. The molecule has 0 unspecified atom stereocenters. The first kappa shape index (κ1) is 18.4. The first-order chi connectivity index (χ1) is 12.5. The molecule has 0 aromatic heterocycles. The Labute approximate surface area is 161 Å². The molecule has 0 bridgehead atoms. The standard InChI is InChI=1S/C19H17ClN2O3S/c1-11-14(20)5-4-6-15(11)21-19-22-18(23)17(26-19)9-12-7-8-13(24-2)10-16(12)25-3/h4-10H,1-3H3,(H,21,22,23)/b17-9-. The van der Waals surface area contributed by atoms with Crippen LogP contribution in [0.15, 0.2) is 46.3 Å². The van der Waals surface area contributed by atoms with Gasteiger partial charge in [-0.3, -0.25) is 4.79 Å². The van der Waals surface area contributed by atoms with Crippen molar-refractivity contribution in [3.05, 3.63) is 57.5 Å². The van der Waals surface area contributed by atoms with Crippen LogP contribution in [-0.2, 0) is 4.79 Å². The summed E-state index contributed by atoms with van der Waals surface area (Å²) in [5.74, 6) is 1.11. The summed E-state index contributed by atoms with van der Waals surface area (Å²) in [5, 5.41) is 3.93. The largest absolute Gasteiger partial charge is 0.497 e. The van der Waals surface area contributed by atoms with Gasteiger partial charge in [0.05, 0.1) is 24.8 Å². The minimum Gasteiger partial charge on any atom is -0.497 e. The fourth-order valence-electron chi connectivity index (χ4n) is 2.39. The van der Waals surface area contributed by atoms with Gasteiger partial charge < -0.3 is 14.8 Å². The van der Waals surface area contributed by atoms with Gasteiger partial charge in [-0.05, 0) is 54.6 Å². The quantitative estimate of drug-likeness (QED) is 0.780. The third-order valence-corrected chi connectivity index (χ3v) is 5.16. The lowest BCUT2D eigenvalue weighted by atomic mass is 10.1. The number of hydrogen-bond acceptors (Lipinski definition) is 5. The minimum absolute atomic E-state index is 0.202. The highest BCUT2D eigenvalue weighted by molar-refractivity contribution is 8.18. The molecule has 1 heterocycles. The van der Waals surface area contributed by atoms with E-state index in [0.717, 1.165) is 16.8 Å². The number of nitrogens with one attached hydrogen (secondary N) is 1. The van der Waals surface area contributed by atoms with Crippen molar-refractivity contribution in [1.82, 2.24) is 5.32 Å². The van der Waals surface area contributed by atoms with Gasteiger partial charge in [0.25, 0.3) is 5.91 Å². The monoisotopic (exact) mass is 388 g/mol. The SMILES string of the molecule is COc1ccc(/C=C2\SC(=Nc3cccc(Cl)c3C)NC2=O)c(OC)c1. The maximum absolute atomic E-state index is 12.3. The summed E-state index contributed by atoms with van der Waals surface area (Å²) < 4.78 is 10.6. The number of carbonyl (C=O) groups is 1. The highest BCUT2D eigenvalue weighted by Crippen LogP contribution is 2.33. The van der Waals surface area contributed by atoms with E-state index < -0.39 is 0 Å². The number of benzene rings is 2. The highest BCUT2D eigenvalue weighted by atomic mass is 35.5. The predicted molar refractivity (Wildman–Crippen MR) is 107 cm³/mol. The van der Waals surface area contributed by atoms with E-state index in [1.54, 1.807) is 26.4 Å². The van der Waals surface area contributed by atoms with Crippen LogP contribution < -0.4 is 14.8 Å². The minimum atomic E-state index is -0.202. The number of methoxy groups -OCH3 is 2. The maximum atomic E-state index is 12.3. The zero-order valence-electron chi connectivity index (χ0n) is 14.5. The molecule has 7 heteroatoms. The molecule has 0 saturated carbocycles. The molecule has 1 amide bonds. The van der Waals surface area contributed by atoms with E-state index in [0.29, 0.717) is 26.6 Å². The van der Waals surface area contributed by atoms with Gasteiger partial charge in [-0.2, -0.15) is 0 Å². The number of aliphatic imine (C=N–C) groups is 1. The summed E-state index contributed by atoms with van der Waals surface area (Å²) in [6, 6.07) is 10.9. The molecule has 26 heavy (non-hydrogen) atoms. The Morgan fingerprint density at radius 2 is 2.00 bits per heavy atom. The number of thioether (sulfide) groups is 1. The van der Waals surface area contributed by atoms with Crippen molar-refractivity contribution in [3.63, 3.8) is 0 Å². The topological polar surface area (TPSA) is 59.9 Å². The van der Waals surface area contributed by atoms with Crippen LogP contribution in [0.25, 0.3) is 6.08 Å². The summed E-state index contributed by atoms with van der Waals surface area (Å²) in [6.07, 6.45) is 1.77. The molecular weight excluding hydrogens is 372 g/mol. The van der Waals surface area contributed by atoms with Crippen molar-refractivity contribution in [1.29, 1.82) is 0 Å². The van der Waals surface area contributed by atoms with Gasteiger partial charge in [-0.25, -0.2) is 4.99 Å². The Bertz CT molecular complexity index is 925. The fraction of sp³-hybridized carbons (Fsp3) is 0.158. The van der Waals surface area contributed by atoms with E-state index in [-0.39, 0.29) is 5.91 Å². The molecule has 0 radical (unpaired) electrons. The third kappa shape index (κ3) is 3.86. The fourth-order valence-corrected chi connectivity index (χ4v) is 3.38.